The highest BCUT2D eigenvalue weighted by atomic mass is 16.5. The van der Waals surface area contributed by atoms with Crippen LogP contribution in [0.15, 0.2) is 0 Å². The molecule has 0 spiro atoms. The van der Waals surface area contributed by atoms with Crippen molar-refractivity contribution in [1.29, 1.82) is 0 Å². The average Bonchev–Trinajstić information content (AvgIpc) is 2.88. The maximum atomic E-state index is 12.2. The normalized spacial score (nSPS) is 35.6. The summed E-state index contributed by atoms with van der Waals surface area (Å²) in [6.07, 6.45) is 4.89. The molecule has 0 radical (unpaired) electrons. The molecule has 1 saturated heterocycles. The predicted octanol–water partition coefficient (Wildman–Crippen LogP) is 1.81. The Morgan fingerprint density at radius 2 is 2.16 bits per heavy atom. The lowest BCUT2D eigenvalue weighted by Crippen LogP contribution is -2.47. The molecule has 2 fully saturated rings. The predicted molar refractivity (Wildman–Crippen MR) is 73.7 cm³/mol. The van der Waals surface area contributed by atoms with Crippen molar-refractivity contribution >= 4 is 5.91 Å². The lowest BCUT2D eigenvalue weighted by Gasteiger charge is -2.39. The van der Waals surface area contributed by atoms with Crippen molar-refractivity contribution in [2.24, 2.45) is 11.8 Å². The number of hydrogen-bond donors (Lipinski definition) is 1. The van der Waals surface area contributed by atoms with Crippen molar-refractivity contribution in [1.82, 2.24) is 4.90 Å². The van der Waals surface area contributed by atoms with Crippen LogP contribution in [0.4, 0.5) is 0 Å². The van der Waals surface area contributed by atoms with Crippen LogP contribution in [0.25, 0.3) is 0 Å². The molecule has 2 aliphatic rings. The van der Waals surface area contributed by atoms with Gasteiger partial charge < -0.3 is 14.7 Å². The Balaban J connectivity index is 1.99. The van der Waals surface area contributed by atoms with Crippen LogP contribution in [0, 0.1) is 11.8 Å². The first-order valence-electron chi connectivity index (χ1n) is 7.68. The molecule has 4 nitrogen and oxygen atoms in total. The fraction of sp³-hybridized carbons (Fsp3) is 0.933. The van der Waals surface area contributed by atoms with Gasteiger partial charge in [-0.2, -0.15) is 0 Å². The van der Waals surface area contributed by atoms with Gasteiger partial charge in [-0.15, -0.1) is 0 Å². The van der Waals surface area contributed by atoms with E-state index in [4.69, 9.17) is 4.74 Å². The molecule has 0 aromatic heterocycles. The van der Waals surface area contributed by atoms with Gasteiger partial charge in [0.05, 0.1) is 6.10 Å². The second-order valence-corrected chi connectivity index (χ2v) is 6.08. The molecule has 0 aromatic carbocycles. The number of carbonyl (C=O) groups is 1. The molecule has 1 heterocycles. The molecular weight excluding hydrogens is 242 g/mol. The molecule has 1 saturated carbocycles. The largest absolute Gasteiger partial charge is 0.393 e. The van der Waals surface area contributed by atoms with Gasteiger partial charge in [0.2, 0.25) is 5.91 Å². The molecule has 1 N–H and O–H groups in total. The molecule has 1 aliphatic carbocycles. The minimum absolute atomic E-state index is 0.0924. The standard InChI is InChI=1S/C15H27NO3/c1-3-19-10-15(18)16-8-4-5-13(16)12-9-11(2)6-7-14(12)17/h11-14,17H,3-10H2,1-2H3/t11-,12+,13-,14-/m1/s1. The second kappa shape index (κ2) is 6.71. The van der Waals surface area contributed by atoms with Crippen LogP contribution in [0.1, 0.15) is 46.0 Å². The topological polar surface area (TPSA) is 49.8 Å². The molecule has 19 heavy (non-hydrogen) atoms. The molecule has 1 amide bonds. The van der Waals surface area contributed by atoms with Gasteiger partial charge in [0.25, 0.3) is 0 Å². The smallest absolute Gasteiger partial charge is 0.248 e. The quantitative estimate of drug-likeness (QED) is 0.847. The van der Waals surface area contributed by atoms with Crippen molar-refractivity contribution in [3.63, 3.8) is 0 Å². The summed E-state index contributed by atoms with van der Waals surface area (Å²) in [4.78, 5) is 14.1. The van der Waals surface area contributed by atoms with Crippen LogP contribution in [0.5, 0.6) is 0 Å². The molecule has 110 valence electrons. The highest BCUT2D eigenvalue weighted by Gasteiger charge is 2.40. The number of rotatable bonds is 4. The van der Waals surface area contributed by atoms with Crippen LogP contribution in [0.2, 0.25) is 0 Å². The summed E-state index contributed by atoms with van der Waals surface area (Å²) in [5, 5.41) is 10.3. The Labute approximate surface area is 116 Å². The van der Waals surface area contributed by atoms with Crippen LogP contribution >= 0.6 is 0 Å². The number of nitrogens with zero attached hydrogens (tertiary/aromatic N) is 1. The minimum atomic E-state index is -0.235. The lowest BCUT2D eigenvalue weighted by atomic mass is 9.76. The van der Waals surface area contributed by atoms with Gasteiger partial charge in [0.15, 0.2) is 0 Å². The monoisotopic (exact) mass is 269 g/mol. The number of amides is 1. The summed E-state index contributed by atoms with van der Waals surface area (Å²) in [7, 11) is 0. The zero-order chi connectivity index (χ0) is 13.8. The number of likely N-dealkylation sites (tertiary alicyclic amines) is 1. The minimum Gasteiger partial charge on any atom is -0.393 e. The molecular formula is C15H27NO3. The molecule has 0 aromatic rings. The van der Waals surface area contributed by atoms with Crippen LogP contribution in [-0.2, 0) is 9.53 Å². The van der Waals surface area contributed by atoms with Gasteiger partial charge in [0, 0.05) is 25.1 Å². The number of ether oxygens (including phenoxy) is 1. The third kappa shape index (κ3) is 3.48. The summed E-state index contributed by atoms with van der Waals surface area (Å²) >= 11 is 0. The number of aliphatic hydroxyl groups excluding tert-OH is 1. The van der Waals surface area contributed by atoms with Gasteiger partial charge in [-0.1, -0.05) is 6.92 Å². The fourth-order valence-electron chi connectivity index (χ4n) is 3.64. The molecule has 0 unspecified atom stereocenters. The van der Waals surface area contributed by atoms with E-state index in [0.717, 1.165) is 38.6 Å². The van der Waals surface area contributed by atoms with Crippen LogP contribution in [0.3, 0.4) is 0 Å². The van der Waals surface area contributed by atoms with Crippen molar-refractivity contribution in [3.8, 4) is 0 Å². The number of hydrogen-bond acceptors (Lipinski definition) is 3. The van der Waals surface area contributed by atoms with Gasteiger partial charge >= 0.3 is 0 Å². The Morgan fingerprint density at radius 3 is 2.89 bits per heavy atom. The first-order chi connectivity index (χ1) is 9.13. The first-order valence-corrected chi connectivity index (χ1v) is 7.68. The van der Waals surface area contributed by atoms with Crippen molar-refractivity contribution in [2.45, 2.75) is 58.1 Å². The number of carbonyl (C=O) groups excluding carboxylic acids is 1. The van der Waals surface area contributed by atoms with E-state index in [1.807, 2.05) is 11.8 Å². The fourth-order valence-corrected chi connectivity index (χ4v) is 3.64. The Morgan fingerprint density at radius 1 is 1.37 bits per heavy atom. The van der Waals surface area contributed by atoms with E-state index in [-0.39, 0.29) is 30.6 Å². The molecule has 4 heteroatoms. The Hall–Kier alpha value is -0.610. The zero-order valence-corrected chi connectivity index (χ0v) is 12.2. The summed E-state index contributed by atoms with van der Waals surface area (Å²) in [5.41, 5.74) is 0. The molecule has 1 aliphatic heterocycles. The highest BCUT2D eigenvalue weighted by molar-refractivity contribution is 5.78. The van der Waals surface area contributed by atoms with E-state index in [0.29, 0.717) is 12.5 Å². The van der Waals surface area contributed by atoms with Gasteiger partial charge in [-0.3, -0.25) is 4.79 Å². The van der Waals surface area contributed by atoms with E-state index in [1.54, 1.807) is 0 Å². The maximum Gasteiger partial charge on any atom is 0.248 e. The van der Waals surface area contributed by atoms with Crippen LogP contribution in [-0.4, -0.2) is 47.8 Å². The van der Waals surface area contributed by atoms with Gasteiger partial charge in [-0.05, 0) is 44.9 Å². The molecule has 0 bridgehead atoms. The summed E-state index contributed by atoms with van der Waals surface area (Å²) in [6, 6.07) is 0.228. The van der Waals surface area contributed by atoms with E-state index < -0.39 is 0 Å². The summed E-state index contributed by atoms with van der Waals surface area (Å²) in [6.45, 7) is 5.74. The average molecular weight is 269 g/mol. The van der Waals surface area contributed by atoms with Crippen molar-refractivity contribution < 1.29 is 14.6 Å². The van der Waals surface area contributed by atoms with E-state index in [9.17, 15) is 9.90 Å². The second-order valence-electron chi connectivity index (χ2n) is 6.08. The van der Waals surface area contributed by atoms with Gasteiger partial charge in [-0.25, -0.2) is 0 Å². The number of aliphatic hydroxyl groups is 1. The molecule has 2 rings (SSSR count). The third-order valence-corrected chi connectivity index (χ3v) is 4.67. The molecule has 4 atom stereocenters. The van der Waals surface area contributed by atoms with Gasteiger partial charge in [0.1, 0.15) is 6.61 Å². The Kier molecular flexibility index (Phi) is 5.22. The van der Waals surface area contributed by atoms with E-state index >= 15 is 0 Å². The summed E-state index contributed by atoms with van der Waals surface area (Å²) < 4.78 is 5.24. The van der Waals surface area contributed by atoms with Crippen molar-refractivity contribution in [3.05, 3.63) is 0 Å². The van der Waals surface area contributed by atoms with Crippen molar-refractivity contribution in [2.75, 3.05) is 19.8 Å². The van der Waals surface area contributed by atoms with E-state index in [1.165, 1.54) is 0 Å². The first kappa shape index (κ1) is 14.8. The highest BCUT2D eigenvalue weighted by Crippen LogP contribution is 2.37. The third-order valence-electron chi connectivity index (χ3n) is 4.67. The van der Waals surface area contributed by atoms with E-state index in [2.05, 4.69) is 6.92 Å². The van der Waals surface area contributed by atoms with Crippen LogP contribution < -0.4 is 0 Å². The summed E-state index contributed by atoms with van der Waals surface area (Å²) in [5.74, 6) is 1.02. The SMILES string of the molecule is CCOCC(=O)N1CCC[C@@H]1[C@@H]1C[C@H](C)CC[C@H]1O. The lowest BCUT2D eigenvalue weighted by molar-refractivity contribution is -0.139. The maximum absolute atomic E-state index is 12.2. The zero-order valence-electron chi connectivity index (χ0n) is 12.2. The Bertz CT molecular complexity index is 308.